The molecule has 3 rings (SSSR count). The van der Waals surface area contributed by atoms with Gasteiger partial charge < -0.3 is 5.73 Å². The number of aryl methyl sites for hydroxylation is 5. The van der Waals surface area contributed by atoms with E-state index in [9.17, 15) is 0 Å². The molecule has 1 aromatic heterocycles. The second-order valence-corrected chi connectivity index (χ2v) is 7.03. The number of hydrogen-bond acceptors (Lipinski definition) is 3. The molecule has 2 nitrogen and oxygen atoms in total. The van der Waals surface area contributed by atoms with Crippen LogP contribution in [0.25, 0.3) is 0 Å². The van der Waals surface area contributed by atoms with Crippen molar-refractivity contribution >= 4 is 11.3 Å². The van der Waals surface area contributed by atoms with E-state index in [1.165, 1.54) is 52.1 Å². The summed E-state index contributed by atoms with van der Waals surface area (Å²) in [4.78, 5) is 6.29. The molecule has 1 aliphatic carbocycles. The molecule has 1 aliphatic rings. The lowest BCUT2D eigenvalue weighted by Gasteiger charge is -2.16. The Bertz CT molecular complexity index is 596. The summed E-state index contributed by atoms with van der Waals surface area (Å²) in [5, 5.41) is 1.09. The van der Waals surface area contributed by atoms with Crippen LogP contribution >= 0.6 is 11.3 Å². The van der Waals surface area contributed by atoms with Gasteiger partial charge in [-0.3, -0.25) is 0 Å². The SMILES string of the molecule is Cc1cc(C)c(C(N)c2nc3c(s2)CCCC3)c(C)c1. The van der Waals surface area contributed by atoms with E-state index in [0.29, 0.717) is 0 Å². The summed E-state index contributed by atoms with van der Waals surface area (Å²) in [7, 11) is 0. The Morgan fingerprint density at radius 3 is 2.40 bits per heavy atom. The molecule has 1 aromatic carbocycles. The van der Waals surface area contributed by atoms with Gasteiger partial charge in [-0.05, 0) is 63.1 Å². The van der Waals surface area contributed by atoms with E-state index in [-0.39, 0.29) is 6.04 Å². The van der Waals surface area contributed by atoms with Gasteiger partial charge >= 0.3 is 0 Å². The summed E-state index contributed by atoms with van der Waals surface area (Å²) in [5.41, 5.74) is 12.9. The zero-order valence-corrected chi connectivity index (χ0v) is 13.3. The van der Waals surface area contributed by atoms with Crippen molar-refractivity contribution in [2.45, 2.75) is 52.5 Å². The third-order valence-corrected chi connectivity index (χ3v) is 5.42. The molecule has 1 atom stereocenters. The average molecular weight is 286 g/mol. The van der Waals surface area contributed by atoms with E-state index in [1.54, 1.807) is 0 Å². The normalized spacial score (nSPS) is 16.0. The molecule has 0 spiro atoms. The number of rotatable bonds is 2. The minimum absolute atomic E-state index is 0.0776. The minimum atomic E-state index is -0.0776. The van der Waals surface area contributed by atoms with E-state index >= 15 is 0 Å². The second-order valence-electron chi connectivity index (χ2n) is 5.92. The molecule has 2 aromatic rings. The van der Waals surface area contributed by atoms with Gasteiger partial charge in [-0.1, -0.05) is 17.7 Å². The third-order valence-electron chi connectivity index (χ3n) is 4.18. The maximum Gasteiger partial charge on any atom is 0.114 e. The summed E-state index contributed by atoms with van der Waals surface area (Å²) in [6.45, 7) is 6.45. The number of aromatic nitrogens is 1. The molecule has 2 N–H and O–H groups in total. The Hall–Kier alpha value is -1.19. The van der Waals surface area contributed by atoms with E-state index in [1.807, 2.05) is 11.3 Å². The summed E-state index contributed by atoms with van der Waals surface area (Å²) in [5.74, 6) is 0. The average Bonchev–Trinajstić information content (AvgIpc) is 2.81. The van der Waals surface area contributed by atoms with Crippen LogP contribution in [0, 0.1) is 20.8 Å². The van der Waals surface area contributed by atoms with Crippen LogP contribution in [0.15, 0.2) is 12.1 Å². The molecule has 0 saturated heterocycles. The number of fused-ring (bicyclic) bond motifs is 1. The van der Waals surface area contributed by atoms with Crippen molar-refractivity contribution in [2.75, 3.05) is 0 Å². The van der Waals surface area contributed by atoms with Crippen LogP contribution in [0.2, 0.25) is 0 Å². The highest BCUT2D eigenvalue weighted by Crippen LogP contribution is 2.33. The molecular weight excluding hydrogens is 264 g/mol. The highest BCUT2D eigenvalue weighted by atomic mass is 32.1. The van der Waals surface area contributed by atoms with E-state index < -0.39 is 0 Å². The van der Waals surface area contributed by atoms with Gasteiger partial charge in [0.15, 0.2) is 0 Å². The summed E-state index contributed by atoms with van der Waals surface area (Å²) < 4.78 is 0. The Kier molecular flexibility index (Phi) is 3.65. The number of thiazole rings is 1. The number of hydrogen-bond donors (Lipinski definition) is 1. The van der Waals surface area contributed by atoms with Crippen LogP contribution in [-0.4, -0.2) is 4.98 Å². The fourth-order valence-electron chi connectivity index (χ4n) is 3.31. The van der Waals surface area contributed by atoms with Crippen LogP contribution < -0.4 is 5.73 Å². The van der Waals surface area contributed by atoms with Crippen molar-refractivity contribution in [3.05, 3.63) is 50.0 Å². The summed E-state index contributed by atoms with van der Waals surface area (Å²) in [6.07, 6.45) is 4.89. The Balaban J connectivity index is 2.00. The molecule has 0 radical (unpaired) electrons. The fourth-order valence-corrected chi connectivity index (χ4v) is 4.48. The van der Waals surface area contributed by atoms with Gasteiger partial charge in [0, 0.05) is 4.88 Å². The second kappa shape index (κ2) is 5.30. The van der Waals surface area contributed by atoms with Gasteiger partial charge in [0.05, 0.1) is 11.7 Å². The molecule has 106 valence electrons. The maximum atomic E-state index is 6.53. The van der Waals surface area contributed by atoms with Crippen LogP contribution in [0.5, 0.6) is 0 Å². The molecule has 1 unspecified atom stereocenters. The molecule has 0 aliphatic heterocycles. The Labute approximate surface area is 125 Å². The number of benzene rings is 1. The first-order valence-electron chi connectivity index (χ1n) is 7.38. The summed E-state index contributed by atoms with van der Waals surface area (Å²) in [6, 6.07) is 4.36. The topological polar surface area (TPSA) is 38.9 Å². The largest absolute Gasteiger partial charge is 0.318 e. The van der Waals surface area contributed by atoms with Gasteiger partial charge in [-0.25, -0.2) is 4.98 Å². The van der Waals surface area contributed by atoms with Crippen molar-refractivity contribution in [2.24, 2.45) is 5.73 Å². The van der Waals surface area contributed by atoms with Crippen LogP contribution in [0.3, 0.4) is 0 Å². The van der Waals surface area contributed by atoms with Crippen LogP contribution in [0.1, 0.15) is 56.7 Å². The van der Waals surface area contributed by atoms with Crippen LogP contribution in [0.4, 0.5) is 0 Å². The fraction of sp³-hybridized carbons (Fsp3) is 0.471. The standard InChI is InChI=1S/C17H22N2S/c1-10-8-11(2)15(12(3)9-10)16(18)17-19-13-6-4-5-7-14(13)20-17/h8-9,16H,4-7,18H2,1-3H3. The molecular formula is C17H22N2S. The first kappa shape index (κ1) is 13.8. The molecule has 0 bridgehead atoms. The first-order chi connectivity index (χ1) is 9.56. The van der Waals surface area contributed by atoms with E-state index in [2.05, 4.69) is 32.9 Å². The number of nitrogens with two attached hydrogens (primary N) is 1. The quantitative estimate of drug-likeness (QED) is 0.906. The third kappa shape index (κ3) is 2.40. The molecule has 1 heterocycles. The van der Waals surface area contributed by atoms with Crippen molar-refractivity contribution in [1.82, 2.24) is 4.98 Å². The predicted molar refractivity (Wildman–Crippen MR) is 85.4 cm³/mol. The highest BCUT2D eigenvalue weighted by Gasteiger charge is 2.21. The molecule has 0 fully saturated rings. The Morgan fingerprint density at radius 2 is 1.75 bits per heavy atom. The van der Waals surface area contributed by atoms with Gasteiger partial charge in [0.25, 0.3) is 0 Å². The minimum Gasteiger partial charge on any atom is -0.318 e. The van der Waals surface area contributed by atoms with Gasteiger partial charge in [0.2, 0.25) is 0 Å². The monoisotopic (exact) mass is 286 g/mol. The molecule has 0 saturated carbocycles. The van der Waals surface area contributed by atoms with E-state index in [4.69, 9.17) is 10.7 Å². The molecule has 3 heteroatoms. The van der Waals surface area contributed by atoms with Gasteiger partial charge in [-0.15, -0.1) is 11.3 Å². The van der Waals surface area contributed by atoms with Crippen LogP contribution in [-0.2, 0) is 12.8 Å². The zero-order valence-electron chi connectivity index (χ0n) is 12.5. The lowest BCUT2D eigenvalue weighted by atomic mass is 9.95. The molecule has 0 amide bonds. The predicted octanol–water partition coefficient (Wildman–Crippen LogP) is 4.00. The summed E-state index contributed by atoms with van der Waals surface area (Å²) >= 11 is 1.82. The van der Waals surface area contributed by atoms with Crippen molar-refractivity contribution in [3.8, 4) is 0 Å². The smallest absolute Gasteiger partial charge is 0.114 e. The lowest BCUT2D eigenvalue weighted by molar-refractivity contribution is 0.678. The number of nitrogens with zero attached hydrogens (tertiary/aromatic N) is 1. The first-order valence-corrected chi connectivity index (χ1v) is 8.19. The highest BCUT2D eigenvalue weighted by molar-refractivity contribution is 7.11. The van der Waals surface area contributed by atoms with Crippen molar-refractivity contribution in [3.63, 3.8) is 0 Å². The van der Waals surface area contributed by atoms with Gasteiger partial charge in [-0.2, -0.15) is 0 Å². The molecule has 20 heavy (non-hydrogen) atoms. The lowest BCUT2D eigenvalue weighted by Crippen LogP contribution is -2.15. The van der Waals surface area contributed by atoms with Gasteiger partial charge in [0.1, 0.15) is 5.01 Å². The van der Waals surface area contributed by atoms with Crippen molar-refractivity contribution in [1.29, 1.82) is 0 Å². The van der Waals surface area contributed by atoms with Crippen molar-refractivity contribution < 1.29 is 0 Å². The zero-order chi connectivity index (χ0) is 14.3. The van der Waals surface area contributed by atoms with E-state index in [0.717, 1.165) is 11.4 Å². The Morgan fingerprint density at radius 1 is 1.10 bits per heavy atom. The maximum absolute atomic E-state index is 6.53.